The van der Waals surface area contributed by atoms with Crippen LogP contribution in [0.4, 0.5) is 0 Å². The minimum Gasteiger partial charge on any atom is -0.313 e. The lowest BCUT2D eigenvalue weighted by Crippen LogP contribution is -2.20. The fraction of sp³-hybridized carbons (Fsp3) is 0.438. The molecule has 2 nitrogen and oxygen atoms in total. The van der Waals surface area contributed by atoms with Gasteiger partial charge in [0.05, 0.1) is 10.7 Å². The molecule has 0 saturated heterocycles. The summed E-state index contributed by atoms with van der Waals surface area (Å²) in [6.45, 7) is 8.60. The molecule has 0 saturated carbocycles. The largest absolute Gasteiger partial charge is 0.313 e. The zero-order valence-corrected chi connectivity index (χ0v) is 13.2. The van der Waals surface area contributed by atoms with Crippen molar-refractivity contribution in [3.8, 4) is 0 Å². The Balaban J connectivity index is 2.29. The second kappa shape index (κ2) is 5.85. The van der Waals surface area contributed by atoms with E-state index in [1.807, 2.05) is 7.05 Å². The molecule has 2 rings (SSSR count). The van der Waals surface area contributed by atoms with E-state index in [2.05, 4.69) is 55.5 Å². The van der Waals surface area contributed by atoms with Gasteiger partial charge in [-0.05, 0) is 57.0 Å². The predicted octanol–water partition coefficient (Wildman–Crippen LogP) is 3.88. The fourth-order valence-corrected chi connectivity index (χ4v) is 3.06. The van der Waals surface area contributed by atoms with Gasteiger partial charge in [0.2, 0.25) is 0 Å². The van der Waals surface area contributed by atoms with Gasteiger partial charge in [0.25, 0.3) is 0 Å². The molecule has 0 aliphatic rings. The summed E-state index contributed by atoms with van der Waals surface area (Å²) in [6.07, 6.45) is 0.949. The van der Waals surface area contributed by atoms with Crippen LogP contribution in [0.3, 0.4) is 0 Å². The molecule has 2 aromatic rings. The summed E-state index contributed by atoms with van der Waals surface area (Å²) < 4.78 is 0. The van der Waals surface area contributed by atoms with E-state index >= 15 is 0 Å². The number of aromatic nitrogens is 1. The normalized spacial score (nSPS) is 12.7. The van der Waals surface area contributed by atoms with Crippen LogP contribution in [0.15, 0.2) is 17.5 Å². The third-order valence-corrected chi connectivity index (χ3v) is 4.51. The first kappa shape index (κ1) is 14.2. The van der Waals surface area contributed by atoms with Gasteiger partial charge in [0.15, 0.2) is 0 Å². The molecule has 0 amide bonds. The summed E-state index contributed by atoms with van der Waals surface area (Å²) in [7, 11) is 2.03. The third-order valence-electron chi connectivity index (χ3n) is 3.69. The average molecular weight is 274 g/mol. The van der Waals surface area contributed by atoms with Crippen LogP contribution in [-0.2, 0) is 6.42 Å². The zero-order valence-electron chi connectivity index (χ0n) is 12.4. The van der Waals surface area contributed by atoms with Gasteiger partial charge in [-0.3, -0.25) is 0 Å². The highest BCUT2D eigenvalue weighted by Crippen LogP contribution is 2.25. The Bertz CT molecular complexity index is 572. The summed E-state index contributed by atoms with van der Waals surface area (Å²) >= 11 is 1.72. The molecule has 3 heteroatoms. The Morgan fingerprint density at radius 1 is 1.11 bits per heavy atom. The molecular weight excluding hydrogens is 252 g/mol. The minimum atomic E-state index is 0.334. The maximum absolute atomic E-state index is 4.57. The SMILES string of the molecule is CNC(Cc1csc(C)n1)c1cc(C)c(C)cc1C. The van der Waals surface area contributed by atoms with E-state index in [0.717, 1.165) is 11.4 Å². The van der Waals surface area contributed by atoms with Crippen molar-refractivity contribution >= 4 is 11.3 Å². The van der Waals surface area contributed by atoms with Crippen LogP contribution in [-0.4, -0.2) is 12.0 Å². The molecule has 102 valence electrons. The van der Waals surface area contributed by atoms with Crippen LogP contribution >= 0.6 is 11.3 Å². The fourth-order valence-electron chi connectivity index (χ4n) is 2.44. The Morgan fingerprint density at radius 3 is 2.37 bits per heavy atom. The lowest BCUT2D eigenvalue weighted by atomic mass is 9.93. The average Bonchev–Trinajstić information content (AvgIpc) is 2.77. The number of nitrogens with one attached hydrogen (secondary N) is 1. The van der Waals surface area contributed by atoms with Crippen molar-refractivity contribution in [2.24, 2.45) is 0 Å². The summed E-state index contributed by atoms with van der Waals surface area (Å²) in [5.74, 6) is 0. The number of thiazole rings is 1. The standard InChI is InChI=1S/C16H22N2S/c1-10-6-12(3)15(7-11(10)2)16(17-5)8-14-9-19-13(4)18-14/h6-7,9,16-17H,8H2,1-5H3. The zero-order chi connectivity index (χ0) is 14.0. The smallest absolute Gasteiger partial charge is 0.0897 e. The second-order valence-electron chi connectivity index (χ2n) is 5.20. The van der Waals surface area contributed by atoms with Crippen LogP contribution in [0.1, 0.15) is 39.0 Å². The number of hydrogen-bond donors (Lipinski definition) is 1. The monoisotopic (exact) mass is 274 g/mol. The highest BCUT2D eigenvalue weighted by Gasteiger charge is 2.15. The first-order valence-electron chi connectivity index (χ1n) is 6.67. The van der Waals surface area contributed by atoms with Crippen molar-refractivity contribution in [1.82, 2.24) is 10.3 Å². The number of likely N-dealkylation sites (N-methyl/N-ethyl adjacent to an activating group) is 1. The highest BCUT2D eigenvalue weighted by molar-refractivity contribution is 7.09. The van der Waals surface area contributed by atoms with Gasteiger partial charge in [0.1, 0.15) is 0 Å². The molecule has 0 fully saturated rings. The minimum absolute atomic E-state index is 0.334. The lowest BCUT2D eigenvalue weighted by molar-refractivity contribution is 0.582. The van der Waals surface area contributed by atoms with Crippen LogP contribution in [0.2, 0.25) is 0 Å². The Morgan fingerprint density at radius 2 is 1.79 bits per heavy atom. The van der Waals surface area contributed by atoms with Crippen LogP contribution in [0.25, 0.3) is 0 Å². The number of nitrogens with zero attached hydrogens (tertiary/aromatic N) is 1. The van der Waals surface area contributed by atoms with Crippen LogP contribution in [0, 0.1) is 27.7 Å². The molecule has 0 radical (unpaired) electrons. The molecule has 19 heavy (non-hydrogen) atoms. The molecule has 1 aromatic heterocycles. The summed E-state index contributed by atoms with van der Waals surface area (Å²) in [4.78, 5) is 4.57. The van der Waals surface area contributed by atoms with Crippen molar-refractivity contribution in [3.63, 3.8) is 0 Å². The molecule has 1 N–H and O–H groups in total. The van der Waals surface area contributed by atoms with Crippen molar-refractivity contribution < 1.29 is 0 Å². The number of rotatable bonds is 4. The number of aryl methyl sites for hydroxylation is 4. The maximum Gasteiger partial charge on any atom is 0.0897 e. The molecule has 1 aromatic carbocycles. The van der Waals surface area contributed by atoms with E-state index in [1.54, 1.807) is 11.3 Å². The summed E-state index contributed by atoms with van der Waals surface area (Å²) in [6, 6.07) is 4.92. The maximum atomic E-state index is 4.57. The van der Waals surface area contributed by atoms with E-state index in [1.165, 1.54) is 27.9 Å². The van der Waals surface area contributed by atoms with Crippen LogP contribution in [0.5, 0.6) is 0 Å². The molecule has 1 atom stereocenters. The quantitative estimate of drug-likeness (QED) is 0.915. The van der Waals surface area contributed by atoms with E-state index < -0.39 is 0 Å². The van der Waals surface area contributed by atoms with Gasteiger partial charge in [-0.15, -0.1) is 11.3 Å². The van der Waals surface area contributed by atoms with E-state index in [0.29, 0.717) is 6.04 Å². The van der Waals surface area contributed by atoms with Crippen LogP contribution < -0.4 is 5.32 Å². The number of benzene rings is 1. The third kappa shape index (κ3) is 3.23. The van der Waals surface area contributed by atoms with E-state index in [4.69, 9.17) is 0 Å². The summed E-state index contributed by atoms with van der Waals surface area (Å²) in [5, 5.41) is 6.73. The number of hydrogen-bond acceptors (Lipinski definition) is 3. The predicted molar refractivity (Wildman–Crippen MR) is 83.0 cm³/mol. The van der Waals surface area contributed by atoms with E-state index in [9.17, 15) is 0 Å². The van der Waals surface area contributed by atoms with Gasteiger partial charge in [0, 0.05) is 17.8 Å². The summed E-state index contributed by atoms with van der Waals surface area (Å²) in [5.41, 5.74) is 6.64. The van der Waals surface area contributed by atoms with Gasteiger partial charge in [-0.2, -0.15) is 0 Å². The van der Waals surface area contributed by atoms with E-state index in [-0.39, 0.29) is 0 Å². The molecule has 1 heterocycles. The molecule has 0 aliphatic heterocycles. The molecule has 0 spiro atoms. The second-order valence-corrected chi connectivity index (χ2v) is 6.26. The van der Waals surface area contributed by atoms with Gasteiger partial charge < -0.3 is 5.32 Å². The Labute approximate surface area is 119 Å². The Hall–Kier alpha value is -1.19. The van der Waals surface area contributed by atoms with Gasteiger partial charge in [-0.25, -0.2) is 4.98 Å². The molecular formula is C16H22N2S. The lowest BCUT2D eigenvalue weighted by Gasteiger charge is -2.19. The van der Waals surface area contributed by atoms with Crippen molar-refractivity contribution in [2.45, 2.75) is 40.2 Å². The van der Waals surface area contributed by atoms with Crippen molar-refractivity contribution in [1.29, 1.82) is 0 Å². The van der Waals surface area contributed by atoms with Crippen molar-refractivity contribution in [2.75, 3.05) is 7.05 Å². The Kier molecular flexibility index (Phi) is 4.38. The van der Waals surface area contributed by atoms with Crippen molar-refractivity contribution in [3.05, 3.63) is 50.5 Å². The molecule has 1 unspecified atom stereocenters. The first-order valence-corrected chi connectivity index (χ1v) is 7.55. The van der Waals surface area contributed by atoms with Gasteiger partial charge >= 0.3 is 0 Å². The van der Waals surface area contributed by atoms with Gasteiger partial charge in [-0.1, -0.05) is 12.1 Å². The first-order chi connectivity index (χ1) is 9.01. The molecule has 0 aliphatic carbocycles. The highest BCUT2D eigenvalue weighted by atomic mass is 32.1. The molecule has 0 bridgehead atoms. The topological polar surface area (TPSA) is 24.9 Å².